The Morgan fingerprint density at radius 3 is 2.40 bits per heavy atom. The zero-order valence-electron chi connectivity index (χ0n) is 21.1. The lowest BCUT2D eigenvalue weighted by Crippen LogP contribution is -2.08. The Balaban J connectivity index is 2.18. The molecule has 2 aromatic rings. The molecule has 0 amide bonds. The Labute approximate surface area is 210 Å². The average molecular weight is 493 g/mol. The maximum Gasteiger partial charge on any atom is 0.295 e. The van der Waals surface area contributed by atoms with E-state index in [4.69, 9.17) is 4.99 Å². The van der Waals surface area contributed by atoms with Gasteiger partial charge in [-0.2, -0.15) is 8.42 Å². The van der Waals surface area contributed by atoms with Gasteiger partial charge in [0.15, 0.2) is 0 Å². The number of anilines is 1. The molecule has 186 valence electrons. The van der Waals surface area contributed by atoms with Crippen LogP contribution >= 0.6 is 0 Å². The standard InChI is InChI=1S/C29H36N2O3S/c1-5-7-17-30-26-15-13-23(19-21(26)3)29(25-11-9-10-12-28(25)35(32,33)34)24-14-16-27(22(4)20-24)31-18-8-6-2/h9-16,19-20,30H,5-8,17-18H2,1-4H3,(H,32,33,34). The monoisotopic (exact) mass is 492 g/mol. The predicted molar refractivity (Wildman–Crippen MR) is 147 cm³/mol. The number of hydrogen-bond acceptors (Lipinski definition) is 4. The molecule has 0 heterocycles. The number of nitrogens with zero attached hydrogens (tertiary/aromatic N) is 1. The van der Waals surface area contributed by atoms with E-state index >= 15 is 0 Å². The average Bonchev–Trinajstić information content (AvgIpc) is 2.82. The highest BCUT2D eigenvalue weighted by Gasteiger charge is 2.22. The third-order valence-electron chi connectivity index (χ3n) is 6.07. The van der Waals surface area contributed by atoms with Crippen LogP contribution in [0.3, 0.4) is 0 Å². The maximum absolute atomic E-state index is 12.3. The van der Waals surface area contributed by atoms with Crippen molar-refractivity contribution < 1.29 is 13.0 Å². The summed E-state index contributed by atoms with van der Waals surface area (Å²) in [6.45, 7) is 10.1. The van der Waals surface area contributed by atoms with E-state index in [2.05, 4.69) is 25.2 Å². The molecule has 2 N–H and O–H groups in total. The summed E-state index contributed by atoms with van der Waals surface area (Å²) < 4.78 is 34.5. The molecular weight excluding hydrogens is 456 g/mol. The fraction of sp³-hybridized carbons (Fsp3) is 0.345. The summed E-state index contributed by atoms with van der Waals surface area (Å²) >= 11 is 0. The van der Waals surface area contributed by atoms with Crippen LogP contribution in [-0.2, 0) is 10.1 Å². The van der Waals surface area contributed by atoms with Crippen LogP contribution in [0.1, 0.15) is 63.1 Å². The van der Waals surface area contributed by atoms with E-state index in [1.807, 2.05) is 44.2 Å². The van der Waals surface area contributed by atoms with E-state index in [1.54, 1.807) is 18.2 Å². The van der Waals surface area contributed by atoms with E-state index < -0.39 is 10.1 Å². The van der Waals surface area contributed by atoms with Gasteiger partial charge in [-0.3, -0.25) is 9.55 Å². The largest absolute Gasteiger partial charge is 0.385 e. The number of hydrogen-bond donors (Lipinski definition) is 2. The van der Waals surface area contributed by atoms with E-state index in [9.17, 15) is 13.0 Å². The second-order valence-electron chi connectivity index (χ2n) is 8.89. The summed E-state index contributed by atoms with van der Waals surface area (Å²) in [5.74, 6) is 0. The van der Waals surface area contributed by atoms with Crippen molar-refractivity contribution in [3.05, 3.63) is 88.5 Å². The van der Waals surface area contributed by atoms with Crippen molar-refractivity contribution in [3.8, 4) is 0 Å². The molecule has 0 saturated carbocycles. The van der Waals surface area contributed by atoms with E-state index in [1.165, 1.54) is 6.07 Å². The first-order valence-electron chi connectivity index (χ1n) is 12.3. The lowest BCUT2D eigenvalue weighted by Gasteiger charge is -2.19. The van der Waals surface area contributed by atoms with Crippen molar-refractivity contribution in [2.24, 2.45) is 4.99 Å². The van der Waals surface area contributed by atoms with Gasteiger partial charge in [0.25, 0.3) is 10.1 Å². The smallest absolute Gasteiger partial charge is 0.295 e. The third-order valence-corrected chi connectivity index (χ3v) is 6.99. The second kappa shape index (κ2) is 12.1. The fourth-order valence-corrected chi connectivity index (χ4v) is 4.84. The quantitative estimate of drug-likeness (QED) is 0.276. The molecule has 0 saturated heterocycles. The number of nitrogens with one attached hydrogen (secondary N) is 1. The molecule has 3 rings (SSSR count). The molecular formula is C29H36N2O3S. The summed E-state index contributed by atoms with van der Waals surface area (Å²) in [6.07, 6.45) is 10.4. The number of unbranched alkanes of at least 4 members (excludes halogenated alkanes) is 2. The van der Waals surface area contributed by atoms with Crippen molar-refractivity contribution in [1.29, 1.82) is 0 Å². The van der Waals surface area contributed by atoms with Crippen molar-refractivity contribution in [3.63, 3.8) is 0 Å². The molecule has 0 aliphatic heterocycles. The van der Waals surface area contributed by atoms with Crippen LogP contribution in [0.5, 0.6) is 0 Å². The van der Waals surface area contributed by atoms with Crippen LogP contribution in [0.15, 0.2) is 81.7 Å². The lowest BCUT2D eigenvalue weighted by molar-refractivity contribution is 0.483. The summed E-state index contributed by atoms with van der Waals surface area (Å²) in [5, 5.41) is 3.48. The Morgan fingerprint density at radius 1 is 1.00 bits per heavy atom. The van der Waals surface area contributed by atoms with E-state index in [0.717, 1.165) is 78.0 Å². The second-order valence-corrected chi connectivity index (χ2v) is 10.3. The highest BCUT2D eigenvalue weighted by molar-refractivity contribution is 7.86. The van der Waals surface area contributed by atoms with Gasteiger partial charge in [-0.15, -0.1) is 0 Å². The van der Waals surface area contributed by atoms with Gasteiger partial charge >= 0.3 is 0 Å². The highest BCUT2D eigenvalue weighted by Crippen LogP contribution is 2.35. The van der Waals surface area contributed by atoms with Crippen molar-refractivity contribution in [2.45, 2.75) is 58.3 Å². The SMILES string of the molecule is CCCCN=C1C=CC(=C(c2ccc(NCCCC)c(C)c2)c2ccccc2S(=O)(=O)O)C=C1C. The lowest BCUT2D eigenvalue weighted by atomic mass is 9.88. The van der Waals surface area contributed by atoms with Gasteiger partial charge < -0.3 is 5.32 Å². The third kappa shape index (κ3) is 6.80. The van der Waals surface area contributed by atoms with Crippen molar-refractivity contribution in [2.75, 3.05) is 18.4 Å². The zero-order valence-corrected chi connectivity index (χ0v) is 22.0. The molecule has 6 heteroatoms. The van der Waals surface area contributed by atoms with Crippen molar-refractivity contribution >= 4 is 27.1 Å². The molecule has 0 fully saturated rings. The number of aryl methyl sites for hydroxylation is 1. The Morgan fingerprint density at radius 2 is 1.74 bits per heavy atom. The minimum absolute atomic E-state index is 0.104. The summed E-state index contributed by atoms with van der Waals surface area (Å²) in [5.41, 5.74) is 7.08. The number of rotatable bonds is 10. The minimum atomic E-state index is -4.41. The minimum Gasteiger partial charge on any atom is -0.385 e. The molecule has 0 atom stereocenters. The van der Waals surface area contributed by atoms with Crippen LogP contribution in [0, 0.1) is 6.92 Å². The number of benzene rings is 2. The molecule has 1 aliphatic rings. The van der Waals surface area contributed by atoms with Gasteiger partial charge in [-0.1, -0.05) is 57.0 Å². The molecule has 0 aromatic heterocycles. The van der Waals surface area contributed by atoms with Gasteiger partial charge in [0, 0.05) is 24.3 Å². The van der Waals surface area contributed by atoms with Crippen molar-refractivity contribution in [1.82, 2.24) is 0 Å². The summed E-state index contributed by atoms with van der Waals surface area (Å²) in [7, 11) is -4.41. The van der Waals surface area contributed by atoms with Crippen LogP contribution in [-0.4, -0.2) is 31.8 Å². The molecule has 0 spiro atoms. The summed E-state index contributed by atoms with van der Waals surface area (Å²) in [4.78, 5) is 4.60. The molecule has 0 radical (unpaired) electrons. The van der Waals surface area contributed by atoms with Gasteiger partial charge in [-0.05, 0) is 84.9 Å². The van der Waals surface area contributed by atoms with Gasteiger partial charge in [0.2, 0.25) is 0 Å². The van der Waals surface area contributed by atoms with Crippen LogP contribution < -0.4 is 5.32 Å². The van der Waals surface area contributed by atoms with Gasteiger partial charge in [0.1, 0.15) is 4.90 Å². The highest BCUT2D eigenvalue weighted by atomic mass is 32.2. The van der Waals surface area contributed by atoms with Gasteiger partial charge in [-0.25, -0.2) is 0 Å². The Bertz CT molecular complexity index is 1280. The first kappa shape index (κ1) is 26.6. The van der Waals surface area contributed by atoms with Gasteiger partial charge in [0.05, 0.1) is 5.71 Å². The fourth-order valence-electron chi connectivity index (χ4n) is 4.14. The maximum atomic E-state index is 12.3. The molecule has 5 nitrogen and oxygen atoms in total. The molecule has 2 aromatic carbocycles. The van der Waals surface area contributed by atoms with Crippen LogP contribution in [0.25, 0.3) is 5.57 Å². The predicted octanol–water partition coefficient (Wildman–Crippen LogP) is 7.01. The normalized spacial score (nSPS) is 16.4. The molecule has 1 aliphatic carbocycles. The zero-order chi connectivity index (χ0) is 25.4. The van der Waals surface area contributed by atoms with Crippen LogP contribution in [0.4, 0.5) is 5.69 Å². The topological polar surface area (TPSA) is 78.8 Å². The van der Waals surface area contributed by atoms with Crippen LogP contribution in [0.2, 0.25) is 0 Å². The van der Waals surface area contributed by atoms with E-state index in [0.29, 0.717) is 5.56 Å². The molecule has 0 unspecified atom stereocenters. The first-order chi connectivity index (χ1) is 16.8. The molecule has 35 heavy (non-hydrogen) atoms. The molecule has 0 bridgehead atoms. The Kier molecular flexibility index (Phi) is 9.24. The number of aliphatic imine (C=N–C) groups is 1. The number of allylic oxidation sites excluding steroid dienone is 5. The summed E-state index contributed by atoms with van der Waals surface area (Å²) in [6, 6.07) is 12.7. The van der Waals surface area contributed by atoms with E-state index in [-0.39, 0.29) is 4.90 Å². The first-order valence-corrected chi connectivity index (χ1v) is 13.8. The Hall–Kier alpha value is -2.96.